The van der Waals surface area contributed by atoms with E-state index in [1.165, 1.54) is 4.68 Å². The summed E-state index contributed by atoms with van der Waals surface area (Å²) in [6, 6.07) is 0. The third kappa shape index (κ3) is 3.28. The molecule has 0 saturated heterocycles. The molecule has 16 heavy (non-hydrogen) atoms. The van der Waals surface area contributed by atoms with Crippen LogP contribution in [0.5, 0.6) is 0 Å². The van der Waals surface area contributed by atoms with Crippen LogP contribution < -0.4 is 0 Å². The van der Waals surface area contributed by atoms with E-state index in [0.29, 0.717) is 5.69 Å². The summed E-state index contributed by atoms with van der Waals surface area (Å²) in [4.78, 5) is 0. The number of sulfone groups is 1. The first-order valence-electron chi connectivity index (χ1n) is 5.12. The first-order valence-corrected chi connectivity index (χ1v) is 6.84. The number of nitrogens with zero attached hydrogens (tertiary/aromatic N) is 3. The first-order chi connectivity index (χ1) is 7.33. The highest BCUT2D eigenvalue weighted by molar-refractivity contribution is 7.91. The van der Waals surface area contributed by atoms with E-state index in [0.717, 1.165) is 0 Å². The molecular weight excluding hydrogens is 230 g/mol. The highest BCUT2D eigenvalue weighted by Crippen LogP contribution is 2.07. The van der Waals surface area contributed by atoms with Gasteiger partial charge in [0.1, 0.15) is 5.69 Å². The highest BCUT2D eigenvalue weighted by Gasteiger charge is 2.16. The molecule has 6 nitrogen and oxygen atoms in total. The lowest BCUT2D eigenvalue weighted by molar-refractivity contribution is 0.194. The van der Waals surface area contributed by atoms with Crippen LogP contribution >= 0.6 is 0 Å². The minimum atomic E-state index is -3.06. The second-order valence-electron chi connectivity index (χ2n) is 4.00. The number of aromatic nitrogens is 3. The summed E-state index contributed by atoms with van der Waals surface area (Å²) in [6.07, 6.45) is 0.871. The number of aliphatic hydroxyl groups excluding tert-OH is 1. The third-order valence-electron chi connectivity index (χ3n) is 2.31. The van der Waals surface area contributed by atoms with E-state index in [4.69, 9.17) is 0 Å². The molecule has 92 valence electrons. The van der Waals surface area contributed by atoms with Crippen molar-refractivity contribution in [2.75, 3.05) is 5.75 Å². The molecule has 0 saturated carbocycles. The topological polar surface area (TPSA) is 85.1 Å². The fraction of sp³-hybridized carbons (Fsp3) is 0.778. The normalized spacial score (nSPS) is 14.3. The Morgan fingerprint density at radius 1 is 1.44 bits per heavy atom. The zero-order chi connectivity index (χ0) is 12.3. The minimum absolute atomic E-state index is 0.0350. The van der Waals surface area contributed by atoms with Crippen LogP contribution in [0.25, 0.3) is 0 Å². The average Bonchev–Trinajstić information content (AvgIpc) is 2.63. The SMILES string of the molecule is CC(O)c1cn(CCS(=O)(=O)C(C)C)nn1. The van der Waals surface area contributed by atoms with E-state index in [9.17, 15) is 13.5 Å². The van der Waals surface area contributed by atoms with Gasteiger partial charge in [-0.25, -0.2) is 8.42 Å². The monoisotopic (exact) mass is 247 g/mol. The van der Waals surface area contributed by atoms with Crippen LogP contribution in [0.2, 0.25) is 0 Å². The zero-order valence-electron chi connectivity index (χ0n) is 9.66. The van der Waals surface area contributed by atoms with Crippen molar-refractivity contribution in [2.45, 2.75) is 38.7 Å². The number of aryl methyl sites for hydroxylation is 1. The molecule has 0 fully saturated rings. The Kier molecular flexibility index (Phi) is 4.03. The standard InChI is InChI=1S/C9H17N3O3S/c1-7(2)16(14,15)5-4-12-6-9(8(3)13)10-11-12/h6-8,13H,4-5H2,1-3H3. The maximum absolute atomic E-state index is 11.5. The summed E-state index contributed by atoms with van der Waals surface area (Å²) >= 11 is 0. The van der Waals surface area contributed by atoms with E-state index >= 15 is 0 Å². The molecule has 0 aliphatic rings. The van der Waals surface area contributed by atoms with Gasteiger partial charge in [-0.05, 0) is 20.8 Å². The summed E-state index contributed by atoms with van der Waals surface area (Å²) < 4.78 is 24.5. The Morgan fingerprint density at radius 2 is 2.06 bits per heavy atom. The molecule has 0 amide bonds. The molecule has 0 radical (unpaired) electrons. The molecule has 1 aromatic rings. The lowest BCUT2D eigenvalue weighted by Crippen LogP contribution is -2.21. The Morgan fingerprint density at radius 3 is 2.50 bits per heavy atom. The number of rotatable bonds is 5. The molecule has 0 bridgehead atoms. The van der Waals surface area contributed by atoms with Gasteiger partial charge < -0.3 is 5.11 Å². The molecule has 1 aromatic heterocycles. The number of hydrogen-bond acceptors (Lipinski definition) is 5. The fourth-order valence-electron chi connectivity index (χ4n) is 1.07. The number of aliphatic hydroxyl groups is 1. The summed E-state index contributed by atoms with van der Waals surface area (Å²) in [5.74, 6) is 0.0350. The van der Waals surface area contributed by atoms with Crippen molar-refractivity contribution in [1.82, 2.24) is 15.0 Å². The van der Waals surface area contributed by atoms with E-state index in [1.807, 2.05) is 0 Å². The van der Waals surface area contributed by atoms with Crippen molar-refractivity contribution in [1.29, 1.82) is 0 Å². The summed E-state index contributed by atoms with van der Waals surface area (Å²) in [7, 11) is -3.06. The predicted octanol–water partition coefficient (Wildman–Crippen LogP) is 0.155. The summed E-state index contributed by atoms with van der Waals surface area (Å²) in [5.41, 5.74) is 0.446. The second-order valence-corrected chi connectivity index (χ2v) is 6.67. The molecule has 0 aliphatic carbocycles. The van der Waals surface area contributed by atoms with Crippen LogP contribution in [0, 0.1) is 0 Å². The van der Waals surface area contributed by atoms with Crippen LogP contribution in [0.15, 0.2) is 6.20 Å². The van der Waals surface area contributed by atoms with Gasteiger partial charge in [0.15, 0.2) is 9.84 Å². The summed E-state index contributed by atoms with van der Waals surface area (Å²) in [6.45, 7) is 5.15. The predicted molar refractivity (Wildman–Crippen MR) is 59.6 cm³/mol. The smallest absolute Gasteiger partial charge is 0.154 e. The maximum Gasteiger partial charge on any atom is 0.154 e. The molecule has 0 spiro atoms. The molecular formula is C9H17N3O3S. The van der Waals surface area contributed by atoms with E-state index < -0.39 is 15.9 Å². The Labute approximate surface area is 95.2 Å². The Hall–Kier alpha value is -0.950. The quantitative estimate of drug-likeness (QED) is 0.800. The van der Waals surface area contributed by atoms with E-state index in [-0.39, 0.29) is 17.5 Å². The lowest BCUT2D eigenvalue weighted by atomic mass is 10.3. The van der Waals surface area contributed by atoms with Crippen molar-refractivity contribution >= 4 is 9.84 Å². The van der Waals surface area contributed by atoms with Crippen LogP contribution in [0.1, 0.15) is 32.6 Å². The molecule has 1 heterocycles. The highest BCUT2D eigenvalue weighted by atomic mass is 32.2. The van der Waals surface area contributed by atoms with Crippen molar-refractivity contribution < 1.29 is 13.5 Å². The van der Waals surface area contributed by atoms with Crippen molar-refractivity contribution in [3.63, 3.8) is 0 Å². The van der Waals surface area contributed by atoms with E-state index in [1.54, 1.807) is 27.0 Å². The second kappa shape index (κ2) is 4.92. The van der Waals surface area contributed by atoms with Gasteiger partial charge in [-0.1, -0.05) is 5.21 Å². The maximum atomic E-state index is 11.5. The van der Waals surface area contributed by atoms with Crippen molar-refractivity contribution in [2.24, 2.45) is 0 Å². The van der Waals surface area contributed by atoms with Crippen molar-refractivity contribution in [3.8, 4) is 0 Å². The van der Waals surface area contributed by atoms with Gasteiger partial charge in [-0.3, -0.25) is 4.68 Å². The molecule has 1 N–H and O–H groups in total. The zero-order valence-corrected chi connectivity index (χ0v) is 10.5. The van der Waals surface area contributed by atoms with Gasteiger partial charge in [-0.2, -0.15) is 0 Å². The van der Waals surface area contributed by atoms with Gasteiger partial charge in [0.2, 0.25) is 0 Å². The van der Waals surface area contributed by atoms with Crippen LogP contribution in [0.4, 0.5) is 0 Å². The lowest BCUT2D eigenvalue weighted by Gasteiger charge is -2.06. The molecule has 1 rings (SSSR count). The molecule has 7 heteroatoms. The van der Waals surface area contributed by atoms with Gasteiger partial charge >= 0.3 is 0 Å². The van der Waals surface area contributed by atoms with Gasteiger partial charge in [0.25, 0.3) is 0 Å². The van der Waals surface area contributed by atoms with Crippen LogP contribution in [0.3, 0.4) is 0 Å². The number of hydrogen-bond donors (Lipinski definition) is 1. The van der Waals surface area contributed by atoms with Gasteiger partial charge in [0, 0.05) is 0 Å². The van der Waals surface area contributed by atoms with Crippen LogP contribution in [-0.4, -0.2) is 39.5 Å². The first kappa shape index (κ1) is 13.1. The van der Waals surface area contributed by atoms with Gasteiger partial charge in [0.05, 0.1) is 29.8 Å². The molecule has 1 atom stereocenters. The average molecular weight is 247 g/mol. The van der Waals surface area contributed by atoms with Crippen molar-refractivity contribution in [3.05, 3.63) is 11.9 Å². The molecule has 0 aliphatic heterocycles. The Balaban J connectivity index is 2.62. The van der Waals surface area contributed by atoms with E-state index in [2.05, 4.69) is 10.3 Å². The minimum Gasteiger partial charge on any atom is -0.387 e. The Bertz CT molecular complexity index is 437. The largest absolute Gasteiger partial charge is 0.387 e. The third-order valence-corrected chi connectivity index (χ3v) is 4.50. The molecule has 0 aromatic carbocycles. The molecule has 1 unspecified atom stereocenters. The fourth-order valence-corrected chi connectivity index (χ4v) is 1.98. The summed E-state index contributed by atoms with van der Waals surface area (Å²) in [5, 5.41) is 16.3. The van der Waals surface area contributed by atoms with Crippen LogP contribution in [-0.2, 0) is 16.4 Å². The van der Waals surface area contributed by atoms with Gasteiger partial charge in [-0.15, -0.1) is 5.10 Å².